The van der Waals surface area contributed by atoms with Crippen LogP contribution in [-0.4, -0.2) is 37.2 Å². The molecular formula is C10H15BrN2OS. The van der Waals surface area contributed by atoms with Gasteiger partial charge in [0.15, 0.2) is 0 Å². The standard InChI is InChI=1S/C10H15BrN2OS/c11-10-3-8(7-15-10)5-13-1-2-14-9(4-12)6-13/h3,7,9H,1-2,4-6,12H2. The molecule has 0 amide bonds. The first-order chi connectivity index (χ1) is 7.28. The average molecular weight is 291 g/mol. The van der Waals surface area contributed by atoms with Crippen molar-refractivity contribution in [2.24, 2.45) is 5.73 Å². The minimum absolute atomic E-state index is 0.209. The van der Waals surface area contributed by atoms with E-state index in [0.717, 1.165) is 26.2 Å². The van der Waals surface area contributed by atoms with Crippen molar-refractivity contribution in [3.05, 3.63) is 20.8 Å². The fourth-order valence-corrected chi connectivity index (χ4v) is 2.95. The van der Waals surface area contributed by atoms with E-state index in [2.05, 4.69) is 32.3 Å². The largest absolute Gasteiger partial charge is 0.374 e. The highest BCUT2D eigenvalue weighted by molar-refractivity contribution is 9.11. The average Bonchev–Trinajstić information content (AvgIpc) is 2.64. The van der Waals surface area contributed by atoms with Crippen molar-refractivity contribution in [3.8, 4) is 0 Å². The monoisotopic (exact) mass is 290 g/mol. The van der Waals surface area contributed by atoms with Crippen molar-refractivity contribution in [1.29, 1.82) is 0 Å². The maximum Gasteiger partial charge on any atom is 0.0824 e. The van der Waals surface area contributed by atoms with Crippen LogP contribution in [0.1, 0.15) is 5.56 Å². The number of nitrogens with zero attached hydrogens (tertiary/aromatic N) is 1. The molecule has 2 rings (SSSR count). The minimum Gasteiger partial charge on any atom is -0.374 e. The molecule has 5 heteroatoms. The third-order valence-electron chi connectivity index (χ3n) is 2.51. The summed E-state index contributed by atoms with van der Waals surface area (Å²) in [6.07, 6.45) is 0.209. The summed E-state index contributed by atoms with van der Waals surface area (Å²) in [6.45, 7) is 4.37. The maximum absolute atomic E-state index is 5.61. The quantitative estimate of drug-likeness (QED) is 0.920. The third-order valence-corrected chi connectivity index (χ3v) is 4.07. The number of halogens is 1. The van der Waals surface area contributed by atoms with Crippen LogP contribution in [0.5, 0.6) is 0 Å². The molecule has 2 heterocycles. The molecule has 0 spiro atoms. The molecule has 84 valence electrons. The van der Waals surface area contributed by atoms with Crippen LogP contribution in [0.3, 0.4) is 0 Å². The number of morpholine rings is 1. The van der Waals surface area contributed by atoms with E-state index in [-0.39, 0.29) is 6.10 Å². The number of hydrogen-bond donors (Lipinski definition) is 1. The number of rotatable bonds is 3. The second-order valence-corrected chi connectivity index (χ2v) is 6.01. The Morgan fingerprint density at radius 1 is 1.67 bits per heavy atom. The van der Waals surface area contributed by atoms with E-state index in [1.165, 1.54) is 9.35 Å². The van der Waals surface area contributed by atoms with E-state index in [1.807, 2.05) is 0 Å². The fraction of sp³-hybridized carbons (Fsp3) is 0.600. The lowest BCUT2D eigenvalue weighted by Gasteiger charge is -2.32. The second-order valence-electron chi connectivity index (χ2n) is 3.72. The van der Waals surface area contributed by atoms with Gasteiger partial charge in [0.25, 0.3) is 0 Å². The Bertz CT molecular complexity index is 318. The molecule has 1 saturated heterocycles. The van der Waals surface area contributed by atoms with Gasteiger partial charge in [-0.3, -0.25) is 4.90 Å². The van der Waals surface area contributed by atoms with E-state index in [9.17, 15) is 0 Å². The van der Waals surface area contributed by atoms with Crippen molar-refractivity contribution < 1.29 is 4.74 Å². The molecule has 0 bridgehead atoms. The molecule has 2 N–H and O–H groups in total. The van der Waals surface area contributed by atoms with Crippen LogP contribution in [0.4, 0.5) is 0 Å². The summed E-state index contributed by atoms with van der Waals surface area (Å²) >= 11 is 5.21. The van der Waals surface area contributed by atoms with Crippen molar-refractivity contribution in [1.82, 2.24) is 4.90 Å². The topological polar surface area (TPSA) is 38.5 Å². The van der Waals surface area contributed by atoms with E-state index < -0.39 is 0 Å². The van der Waals surface area contributed by atoms with E-state index >= 15 is 0 Å². The van der Waals surface area contributed by atoms with Gasteiger partial charge in [0.1, 0.15) is 0 Å². The van der Waals surface area contributed by atoms with Gasteiger partial charge in [-0.1, -0.05) is 0 Å². The lowest BCUT2D eigenvalue weighted by atomic mass is 10.2. The summed E-state index contributed by atoms with van der Waals surface area (Å²) in [4.78, 5) is 2.40. The van der Waals surface area contributed by atoms with Gasteiger partial charge in [-0.25, -0.2) is 0 Å². The van der Waals surface area contributed by atoms with Gasteiger partial charge in [0.2, 0.25) is 0 Å². The van der Waals surface area contributed by atoms with Gasteiger partial charge >= 0.3 is 0 Å². The molecule has 0 saturated carbocycles. The SMILES string of the molecule is NCC1CN(Cc2csc(Br)c2)CCO1. The number of nitrogens with two attached hydrogens (primary N) is 1. The van der Waals surface area contributed by atoms with Crippen LogP contribution in [0.15, 0.2) is 15.2 Å². The fourth-order valence-electron chi connectivity index (χ4n) is 1.75. The van der Waals surface area contributed by atoms with Crippen LogP contribution in [0.2, 0.25) is 0 Å². The third kappa shape index (κ3) is 3.26. The summed E-state index contributed by atoms with van der Waals surface area (Å²) < 4.78 is 6.72. The molecule has 0 aliphatic carbocycles. The summed E-state index contributed by atoms with van der Waals surface area (Å²) in [7, 11) is 0. The lowest BCUT2D eigenvalue weighted by molar-refractivity contribution is -0.0260. The molecule has 1 fully saturated rings. The number of thiophene rings is 1. The first kappa shape index (κ1) is 11.5. The molecular weight excluding hydrogens is 276 g/mol. The molecule has 1 aromatic heterocycles. The Hall–Kier alpha value is 0.0600. The van der Waals surface area contributed by atoms with Crippen molar-refractivity contribution in [2.75, 3.05) is 26.2 Å². The molecule has 1 atom stereocenters. The molecule has 1 aromatic rings. The highest BCUT2D eigenvalue weighted by Gasteiger charge is 2.19. The summed E-state index contributed by atoms with van der Waals surface area (Å²) in [5.74, 6) is 0. The van der Waals surface area contributed by atoms with Crippen LogP contribution >= 0.6 is 27.3 Å². The molecule has 0 aromatic carbocycles. The Labute approximate surface area is 102 Å². The van der Waals surface area contributed by atoms with Crippen LogP contribution in [-0.2, 0) is 11.3 Å². The number of hydrogen-bond acceptors (Lipinski definition) is 4. The summed E-state index contributed by atoms with van der Waals surface area (Å²) in [5.41, 5.74) is 6.97. The van der Waals surface area contributed by atoms with Crippen molar-refractivity contribution >= 4 is 27.3 Å². The highest BCUT2D eigenvalue weighted by atomic mass is 79.9. The van der Waals surface area contributed by atoms with Crippen LogP contribution < -0.4 is 5.73 Å². The molecule has 0 radical (unpaired) electrons. The van der Waals surface area contributed by atoms with Gasteiger partial charge in [-0.2, -0.15) is 0 Å². The van der Waals surface area contributed by atoms with Crippen LogP contribution in [0, 0.1) is 0 Å². The normalized spacial score (nSPS) is 23.2. The van der Waals surface area contributed by atoms with Gasteiger partial charge in [0, 0.05) is 26.2 Å². The molecule has 3 nitrogen and oxygen atoms in total. The Kier molecular flexibility index (Phi) is 4.16. The minimum atomic E-state index is 0.209. The molecule has 1 aliphatic rings. The zero-order valence-corrected chi connectivity index (χ0v) is 10.9. The van der Waals surface area contributed by atoms with Crippen molar-refractivity contribution in [2.45, 2.75) is 12.6 Å². The van der Waals surface area contributed by atoms with Gasteiger partial charge in [-0.15, -0.1) is 11.3 Å². The van der Waals surface area contributed by atoms with Gasteiger partial charge < -0.3 is 10.5 Å². The van der Waals surface area contributed by atoms with Crippen LogP contribution in [0.25, 0.3) is 0 Å². The molecule has 15 heavy (non-hydrogen) atoms. The Balaban J connectivity index is 1.88. The van der Waals surface area contributed by atoms with Crippen molar-refractivity contribution in [3.63, 3.8) is 0 Å². The van der Waals surface area contributed by atoms with E-state index in [4.69, 9.17) is 10.5 Å². The van der Waals surface area contributed by atoms with Gasteiger partial charge in [0.05, 0.1) is 16.5 Å². The first-order valence-corrected chi connectivity index (χ1v) is 6.72. The molecule has 1 aliphatic heterocycles. The predicted molar refractivity (Wildman–Crippen MR) is 66.1 cm³/mol. The lowest BCUT2D eigenvalue weighted by Crippen LogP contribution is -2.45. The smallest absolute Gasteiger partial charge is 0.0824 e. The van der Waals surface area contributed by atoms with Gasteiger partial charge in [-0.05, 0) is 32.9 Å². The second kappa shape index (κ2) is 5.41. The predicted octanol–water partition coefficient (Wildman–Crippen LogP) is 1.67. The summed E-state index contributed by atoms with van der Waals surface area (Å²) in [6, 6.07) is 2.18. The maximum atomic E-state index is 5.61. The van der Waals surface area contributed by atoms with E-state index in [1.54, 1.807) is 11.3 Å². The zero-order chi connectivity index (χ0) is 10.7. The zero-order valence-electron chi connectivity index (χ0n) is 8.49. The first-order valence-electron chi connectivity index (χ1n) is 5.05. The summed E-state index contributed by atoms with van der Waals surface area (Å²) in [5, 5.41) is 2.19. The highest BCUT2D eigenvalue weighted by Crippen LogP contribution is 2.22. The number of ether oxygens (including phenoxy) is 1. The molecule has 1 unspecified atom stereocenters. The van der Waals surface area contributed by atoms with E-state index in [0.29, 0.717) is 6.54 Å². The Morgan fingerprint density at radius 2 is 2.53 bits per heavy atom. The Morgan fingerprint density at radius 3 is 3.20 bits per heavy atom.